The molecule has 1 aliphatic carbocycles. The fraction of sp³-hybridized carbons (Fsp3) is 0.938. The monoisotopic (exact) mass is 285 g/mol. The molecule has 2 unspecified atom stereocenters. The molecule has 118 valence electrons. The third kappa shape index (κ3) is 5.06. The first-order valence-electron chi connectivity index (χ1n) is 7.88. The second-order valence-electron chi connectivity index (χ2n) is 6.69. The molecular weight excluding hydrogens is 254 g/mol. The highest BCUT2D eigenvalue weighted by Crippen LogP contribution is 2.42. The fourth-order valence-electron chi connectivity index (χ4n) is 2.57. The van der Waals surface area contributed by atoms with Crippen molar-refractivity contribution < 1.29 is 14.3 Å². The van der Waals surface area contributed by atoms with Crippen molar-refractivity contribution in [2.24, 2.45) is 11.3 Å². The van der Waals surface area contributed by atoms with Crippen LogP contribution in [0.5, 0.6) is 0 Å². The maximum Gasteiger partial charge on any atom is 0.305 e. The Morgan fingerprint density at radius 3 is 2.65 bits per heavy atom. The number of nitrogens with one attached hydrogen (secondary N) is 1. The highest BCUT2D eigenvalue weighted by Gasteiger charge is 2.48. The van der Waals surface area contributed by atoms with E-state index in [1.807, 2.05) is 6.92 Å². The molecule has 1 saturated carbocycles. The van der Waals surface area contributed by atoms with Crippen molar-refractivity contribution >= 4 is 5.97 Å². The lowest BCUT2D eigenvalue weighted by molar-refractivity contribution is -0.143. The summed E-state index contributed by atoms with van der Waals surface area (Å²) in [5.74, 6) is 0.489. The number of carbonyl (C=O) groups is 1. The smallest absolute Gasteiger partial charge is 0.305 e. The van der Waals surface area contributed by atoms with Crippen LogP contribution in [0, 0.1) is 11.3 Å². The maximum atomic E-state index is 11.2. The van der Waals surface area contributed by atoms with Crippen LogP contribution in [-0.2, 0) is 14.3 Å². The van der Waals surface area contributed by atoms with Gasteiger partial charge in [0.1, 0.15) is 0 Å². The summed E-state index contributed by atoms with van der Waals surface area (Å²) in [6.07, 6.45) is 2.76. The van der Waals surface area contributed by atoms with Crippen LogP contribution in [0.25, 0.3) is 0 Å². The molecule has 1 rings (SSSR count). The van der Waals surface area contributed by atoms with E-state index in [1.54, 1.807) is 0 Å². The first kappa shape index (κ1) is 17.4. The maximum absolute atomic E-state index is 11.2. The number of carbonyl (C=O) groups excluding carboxylic acids is 1. The van der Waals surface area contributed by atoms with Crippen LogP contribution in [0.15, 0.2) is 0 Å². The van der Waals surface area contributed by atoms with Crippen molar-refractivity contribution in [2.45, 2.75) is 66.0 Å². The van der Waals surface area contributed by atoms with E-state index in [1.165, 1.54) is 0 Å². The van der Waals surface area contributed by atoms with E-state index in [2.05, 4.69) is 33.0 Å². The highest BCUT2D eigenvalue weighted by molar-refractivity contribution is 5.69. The van der Waals surface area contributed by atoms with Gasteiger partial charge in [-0.05, 0) is 32.2 Å². The van der Waals surface area contributed by atoms with Crippen molar-refractivity contribution in [1.29, 1.82) is 0 Å². The number of ether oxygens (including phenoxy) is 2. The summed E-state index contributed by atoms with van der Waals surface area (Å²) in [5.41, 5.74) is 0.179. The molecule has 2 atom stereocenters. The minimum absolute atomic E-state index is 0.0969. The average Bonchev–Trinajstić information content (AvgIpc) is 2.36. The first-order chi connectivity index (χ1) is 9.37. The molecule has 1 fully saturated rings. The fourth-order valence-corrected chi connectivity index (χ4v) is 2.57. The van der Waals surface area contributed by atoms with Crippen molar-refractivity contribution in [1.82, 2.24) is 5.32 Å². The van der Waals surface area contributed by atoms with Gasteiger partial charge in [0, 0.05) is 24.5 Å². The molecule has 20 heavy (non-hydrogen) atoms. The van der Waals surface area contributed by atoms with E-state index in [9.17, 15) is 4.79 Å². The molecule has 0 aromatic rings. The van der Waals surface area contributed by atoms with E-state index in [4.69, 9.17) is 9.47 Å². The highest BCUT2D eigenvalue weighted by atomic mass is 16.5. The lowest BCUT2D eigenvalue weighted by Gasteiger charge is -2.52. The molecule has 0 bridgehead atoms. The summed E-state index contributed by atoms with van der Waals surface area (Å²) in [6.45, 7) is 12.9. The Hall–Kier alpha value is -0.610. The summed E-state index contributed by atoms with van der Waals surface area (Å²) in [7, 11) is 0. The van der Waals surface area contributed by atoms with Crippen LogP contribution in [-0.4, -0.2) is 37.9 Å². The average molecular weight is 285 g/mol. The van der Waals surface area contributed by atoms with Crippen LogP contribution in [0.3, 0.4) is 0 Å². The molecule has 1 aliphatic rings. The summed E-state index contributed by atoms with van der Waals surface area (Å²) >= 11 is 0. The molecule has 0 aliphatic heterocycles. The van der Waals surface area contributed by atoms with E-state index in [-0.39, 0.29) is 11.4 Å². The van der Waals surface area contributed by atoms with Gasteiger partial charge in [0.25, 0.3) is 0 Å². The zero-order valence-corrected chi connectivity index (χ0v) is 13.7. The quantitative estimate of drug-likeness (QED) is 0.523. The van der Waals surface area contributed by atoms with Gasteiger partial charge in [0.05, 0.1) is 12.7 Å². The van der Waals surface area contributed by atoms with Crippen molar-refractivity contribution in [3.05, 3.63) is 0 Å². The Bertz CT molecular complexity index is 302. The van der Waals surface area contributed by atoms with Crippen molar-refractivity contribution in [3.8, 4) is 0 Å². The lowest BCUT2D eigenvalue weighted by Crippen LogP contribution is -2.61. The predicted molar refractivity (Wildman–Crippen MR) is 80.6 cm³/mol. The Morgan fingerprint density at radius 1 is 1.40 bits per heavy atom. The SMILES string of the molecule is CCOC(=O)CCCNC1CC(OCC(C)C)C1(C)C. The van der Waals surface area contributed by atoms with E-state index in [0.717, 1.165) is 26.0 Å². The van der Waals surface area contributed by atoms with Gasteiger partial charge in [0.2, 0.25) is 0 Å². The normalized spacial score (nSPS) is 24.5. The summed E-state index contributed by atoms with van der Waals surface area (Å²) in [6, 6.07) is 0.488. The molecule has 0 heterocycles. The number of hydrogen-bond acceptors (Lipinski definition) is 4. The van der Waals surface area contributed by atoms with E-state index >= 15 is 0 Å². The van der Waals surface area contributed by atoms with Gasteiger partial charge >= 0.3 is 5.97 Å². The Morgan fingerprint density at radius 2 is 2.10 bits per heavy atom. The van der Waals surface area contributed by atoms with E-state index < -0.39 is 0 Å². The Balaban J connectivity index is 2.15. The van der Waals surface area contributed by atoms with Gasteiger partial charge in [0.15, 0.2) is 0 Å². The summed E-state index contributed by atoms with van der Waals surface area (Å²) in [4.78, 5) is 11.2. The molecule has 0 aromatic carbocycles. The van der Waals surface area contributed by atoms with Crippen LogP contribution >= 0.6 is 0 Å². The van der Waals surface area contributed by atoms with Gasteiger partial charge in [-0.2, -0.15) is 0 Å². The molecule has 0 saturated heterocycles. The van der Waals surface area contributed by atoms with Crippen LogP contribution in [0.4, 0.5) is 0 Å². The topological polar surface area (TPSA) is 47.6 Å². The molecule has 4 nitrogen and oxygen atoms in total. The molecule has 4 heteroatoms. The third-order valence-electron chi connectivity index (χ3n) is 4.06. The minimum Gasteiger partial charge on any atom is -0.466 e. The minimum atomic E-state index is -0.0969. The van der Waals surface area contributed by atoms with Gasteiger partial charge in [-0.1, -0.05) is 27.7 Å². The van der Waals surface area contributed by atoms with Gasteiger partial charge in [-0.3, -0.25) is 4.79 Å². The van der Waals surface area contributed by atoms with Crippen LogP contribution in [0.2, 0.25) is 0 Å². The summed E-state index contributed by atoms with van der Waals surface area (Å²) in [5, 5.41) is 3.54. The third-order valence-corrected chi connectivity index (χ3v) is 4.06. The summed E-state index contributed by atoms with van der Waals surface area (Å²) < 4.78 is 10.9. The number of hydrogen-bond donors (Lipinski definition) is 1. The van der Waals surface area contributed by atoms with Crippen molar-refractivity contribution in [3.63, 3.8) is 0 Å². The van der Waals surface area contributed by atoms with Crippen LogP contribution < -0.4 is 5.32 Å². The molecule has 0 radical (unpaired) electrons. The van der Waals surface area contributed by atoms with Gasteiger partial charge < -0.3 is 14.8 Å². The lowest BCUT2D eigenvalue weighted by atomic mass is 9.64. The van der Waals surface area contributed by atoms with Crippen LogP contribution in [0.1, 0.15) is 53.9 Å². The molecule has 0 spiro atoms. The Kier molecular flexibility index (Phi) is 6.96. The Labute approximate surface area is 123 Å². The first-order valence-corrected chi connectivity index (χ1v) is 7.88. The zero-order valence-electron chi connectivity index (χ0n) is 13.7. The largest absolute Gasteiger partial charge is 0.466 e. The van der Waals surface area contributed by atoms with Gasteiger partial charge in [-0.25, -0.2) is 0 Å². The number of rotatable bonds is 9. The standard InChI is InChI=1S/C16H31NO3/c1-6-19-15(18)8-7-9-17-13-10-14(16(13,4)5)20-11-12(2)3/h12-14,17H,6-11H2,1-5H3. The molecule has 0 aromatic heterocycles. The molecular formula is C16H31NO3. The molecule has 0 amide bonds. The van der Waals surface area contributed by atoms with E-state index in [0.29, 0.717) is 31.1 Å². The molecule has 1 N–H and O–H groups in total. The second kappa shape index (κ2) is 7.99. The number of esters is 1. The zero-order chi connectivity index (χ0) is 15.2. The van der Waals surface area contributed by atoms with Crippen molar-refractivity contribution in [2.75, 3.05) is 19.8 Å². The predicted octanol–water partition coefficient (Wildman–Crippen LogP) is 2.76. The van der Waals surface area contributed by atoms with Gasteiger partial charge in [-0.15, -0.1) is 0 Å². The second-order valence-corrected chi connectivity index (χ2v) is 6.69.